The van der Waals surface area contributed by atoms with Crippen LogP contribution >= 0.6 is 0 Å². The summed E-state index contributed by atoms with van der Waals surface area (Å²) in [6.45, 7) is 2.52. The van der Waals surface area contributed by atoms with Crippen LogP contribution in [0.4, 0.5) is 5.95 Å². The van der Waals surface area contributed by atoms with E-state index in [1.165, 1.54) is 7.11 Å². The summed E-state index contributed by atoms with van der Waals surface area (Å²) in [6.07, 6.45) is 1.71. The number of methoxy groups -OCH3 is 1. The smallest absolute Gasteiger partial charge is 0.337 e. The van der Waals surface area contributed by atoms with Crippen LogP contribution in [-0.2, 0) is 11.3 Å². The topological polar surface area (TPSA) is 64.1 Å². The van der Waals surface area contributed by atoms with E-state index in [-0.39, 0.29) is 5.97 Å². The van der Waals surface area contributed by atoms with E-state index in [1.807, 2.05) is 25.1 Å². The van der Waals surface area contributed by atoms with E-state index in [2.05, 4.69) is 20.0 Å². The number of benzene rings is 1. The van der Waals surface area contributed by atoms with Crippen LogP contribution in [0.2, 0.25) is 0 Å². The zero-order valence-corrected chi connectivity index (χ0v) is 10.9. The molecule has 0 radical (unpaired) electrons. The van der Waals surface area contributed by atoms with Crippen molar-refractivity contribution in [2.45, 2.75) is 13.5 Å². The van der Waals surface area contributed by atoms with Gasteiger partial charge in [0.15, 0.2) is 0 Å². The van der Waals surface area contributed by atoms with Crippen LogP contribution < -0.4 is 5.32 Å². The quantitative estimate of drug-likeness (QED) is 0.850. The third-order valence-corrected chi connectivity index (χ3v) is 2.62. The highest BCUT2D eigenvalue weighted by Crippen LogP contribution is 2.08. The van der Waals surface area contributed by atoms with Crippen LogP contribution in [0.25, 0.3) is 0 Å². The predicted molar refractivity (Wildman–Crippen MR) is 71.9 cm³/mol. The van der Waals surface area contributed by atoms with E-state index in [4.69, 9.17) is 0 Å². The monoisotopic (exact) mass is 257 g/mol. The Hall–Kier alpha value is -2.43. The van der Waals surface area contributed by atoms with Gasteiger partial charge >= 0.3 is 5.97 Å². The number of anilines is 1. The summed E-state index contributed by atoms with van der Waals surface area (Å²) in [5.74, 6) is 0.263. The van der Waals surface area contributed by atoms with Gasteiger partial charge in [0.05, 0.1) is 12.7 Å². The molecule has 0 aliphatic carbocycles. The molecular weight excluding hydrogens is 242 g/mol. The predicted octanol–water partition coefficient (Wildman–Crippen LogP) is 2.18. The molecule has 0 unspecified atom stereocenters. The number of carbonyl (C=O) groups is 1. The molecule has 1 N–H and O–H groups in total. The average Bonchev–Trinajstić information content (AvgIpc) is 2.45. The highest BCUT2D eigenvalue weighted by molar-refractivity contribution is 5.89. The number of esters is 1. The normalized spacial score (nSPS) is 10.0. The molecule has 2 aromatic rings. The third kappa shape index (κ3) is 3.51. The molecule has 0 saturated carbocycles. The largest absolute Gasteiger partial charge is 0.465 e. The minimum absolute atomic E-state index is 0.332. The van der Waals surface area contributed by atoms with Crippen molar-refractivity contribution in [1.29, 1.82) is 0 Å². The van der Waals surface area contributed by atoms with E-state index in [0.29, 0.717) is 18.1 Å². The Morgan fingerprint density at radius 1 is 1.26 bits per heavy atom. The highest BCUT2D eigenvalue weighted by atomic mass is 16.5. The average molecular weight is 257 g/mol. The van der Waals surface area contributed by atoms with Crippen LogP contribution in [0.1, 0.15) is 21.6 Å². The number of nitrogens with zero attached hydrogens (tertiary/aromatic N) is 2. The van der Waals surface area contributed by atoms with Crippen LogP contribution in [0.15, 0.2) is 36.5 Å². The first-order chi connectivity index (χ1) is 9.19. The van der Waals surface area contributed by atoms with Gasteiger partial charge in [0.1, 0.15) is 0 Å². The minimum atomic E-state index is -0.332. The fourth-order valence-electron chi connectivity index (χ4n) is 1.59. The van der Waals surface area contributed by atoms with Crippen LogP contribution in [0.3, 0.4) is 0 Å². The molecule has 0 bridgehead atoms. The van der Waals surface area contributed by atoms with Gasteiger partial charge in [0.25, 0.3) is 0 Å². The first-order valence-electron chi connectivity index (χ1n) is 5.90. The number of carbonyl (C=O) groups excluding carboxylic acids is 1. The lowest BCUT2D eigenvalue weighted by molar-refractivity contribution is 0.0600. The summed E-state index contributed by atoms with van der Waals surface area (Å²) in [7, 11) is 1.37. The van der Waals surface area contributed by atoms with E-state index in [1.54, 1.807) is 18.3 Å². The molecule has 0 fully saturated rings. The van der Waals surface area contributed by atoms with Crippen molar-refractivity contribution in [3.63, 3.8) is 0 Å². The second-order valence-corrected chi connectivity index (χ2v) is 4.06. The van der Waals surface area contributed by atoms with Gasteiger partial charge in [-0.25, -0.2) is 14.8 Å². The maximum absolute atomic E-state index is 11.3. The van der Waals surface area contributed by atoms with Gasteiger partial charge in [-0.3, -0.25) is 0 Å². The molecule has 1 aromatic carbocycles. The molecule has 0 aliphatic heterocycles. The zero-order valence-electron chi connectivity index (χ0n) is 10.9. The summed E-state index contributed by atoms with van der Waals surface area (Å²) in [4.78, 5) is 19.7. The van der Waals surface area contributed by atoms with E-state index in [9.17, 15) is 4.79 Å². The van der Waals surface area contributed by atoms with Crippen LogP contribution in [-0.4, -0.2) is 23.0 Å². The van der Waals surface area contributed by atoms with E-state index >= 15 is 0 Å². The number of hydrogen-bond acceptors (Lipinski definition) is 5. The van der Waals surface area contributed by atoms with Crippen molar-refractivity contribution < 1.29 is 9.53 Å². The molecule has 1 aromatic heterocycles. The van der Waals surface area contributed by atoms with Crippen molar-refractivity contribution in [1.82, 2.24) is 9.97 Å². The molecule has 1 heterocycles. The lowest BCUT2D eigenvalue weighted by Gasteiger charge is -2.06. The Kier molecular flexibility index (Phi) is 4.07. The maximum Gasteiger partial charge on any atom is 0.337 e. The fraction of sp³-hybridized carbons (Fsp3) is 0.214. The molecule has 5 heteroatoms. The summed E-state index contributed by atoms with van der Waals surface area (Å²) in [5.41, 5.74) is 2.49. The molecule has 98 valence electrons. The SMILES string of the molecule is COC(=O)c1ccc(CNc2nccc(C)n2)cc1. The summed E-state index contributed by atoms with van der Waals surface area (Å²) >= 11 is 0. The molecule has 0 spiro atoms. The van der Waals surface area contributed by atoms with Crippen molar-refractivity contribution in [2.24, 2.45) is 0 Å². The van der Waals surface area contributed by atoms with Gasteiger partial charge in [-0.2, -0.15) is 0 Å². The minimum Gasteiger partial charge on any atom is -0.465 e. The number of ether oxygens (including phenoxy) is 1. The van der Waals surface area contributed by atoms with Gasteiger partial charge in [-0.15, -0.1) is 0 Å². The first kappa shape index (κ1) is 13.0. The summed E-state index contributed by atoms with van der Waals surface area (Å²) in [5, 5.41) is 3.13. The van der Waals surface area contributed by atoms with E-state index in [0.717, 1.165) is 11.3 Å². The van der Waals surface area contributed by atoms with Gasteiger partial charge in [-0.1, -0.05) is 12.1 Å². The Bertz CT molecular complexity index is 567. The van der Waals surface area contributed by atoms with Crippen molar-refractivity contribution >= 4 is 11.9 Å². The summed E-state index contributed by atoms with van der Waals surface area (Å²) in [6, 6.07) is 9.06. The number of aryl methyl sites for hydroxylation is 1. The molecule has 0 amide bonds. The fourth-order valence-corrected chi connectivity index (χ4v) is 1.59. The van der Waals surface area contributed by atoms with Crippen molar-refractivity contribution in [3.05, 3.63) is 53.3 Å². The summed E-state index contributed by atoms with van der Waals surface area (Å²) < 4.78 is 4.64. The molecule has 0 saturated heterocycles. The molecule has 0 atom stereocenters. The van der Waals surface area contributed by atoms with Crippen LogP contribution in [0, 0.1) is 6.92 Å². The maximum atomic E-state index is 11.3. The Labute approximate surface area is 111 Å². The molecular formula is C14H15N3O2. The van der Waals surface area contributed by atoms with Gasteiger partial charge in [-0.05, 0) is 30.7 Å². The zero-order chi connectivity index (χ0) is 13.7. The lowest BCUT2D eigenvalue weighted by Crippen LogP contribution is -2.05. The number of hydrogen-bond donors (Lipinski definition) is 1. The second kappa shape index (κ2) is 5.95. The van der Waals surface area contributed by atoms with Crippen molar-refractivity contribution in [3.8, 4) is 0 Å². The van der Waals surface area contributed by atoms with Gasteiger partial charge < -0.3 is 10.1 Å². The van der Waals surface area contributed by atoms with E-state index < -0.39 is 0 Å². The molecule has 2 rings (SSSR count). The van der Waals surface area contributed by atoms with Crippen molar-refractivity contribution in [2.75, 3.05) is 12.4 Å². The third-order valence-electron chi connectivity index (χ3n) is 2.62. The Balaban J connectivity index is 1.98. The highest BCUT2D eigenvalue weighted by Gasteiger charge is 2.04. The van der Waals surface area contributed by atoms with Gasteiger partial charge in [0.2, 0.25) is 5.95 Å². The Morgan fingerprint density at radius 3 is 2.63 bits per heavy atom. The number of aromatic nitrogens is 2. The van der Waals surface area contributed by atoms with Crippen LogP contribution in [0.5, 0.6) is 0 Å². The van der Waals surface area contributed by atoms with Gasteiger partial charge in [0, 0.05) is 18.4 Å². The molecule has 0 aliphatic rings. The first-order valence-corrected chi connectivity index (χ1v) is 5.90. The second-order valence-electron chi connectivity index (χ2n) is 4.06. The Morgan fingerprint density at radius 2 is 2.00 bits per heavy atom. The number of rotatable bonds is 4. The standard InChI is InChI=1S/C14H15N3O2/c1-10-7-8-15-14(17-10)16-9-11-3-5-12(6-4-11)13(18)19-2/h3-8H,9H2,1-2H3,(H,15,16,17). The lowest BCUT2D eigenvalue weighted by atomic mass is 10.1. The number of nitrogens with one attached hydrogen (secondary N) is 1. The molecule has 5 nitrogen and oxygen atoms in total. The molecule has 19 heavy (non-hydrogen) atoms.